The van der Waals surface area contributed by atoms with E-state index in [1.165, 1.54) is 27.8 Å². The Bertz CT molecular complexity index is 960. The van der Waals surface area contributed by atoms with Gasteiger partial charge in [-0.1, -0.05) is 6.07 Å². The molecule has 1 aliphatic heterocycles. The average Bonchev–Trinajstić information content (AvgIpc) is 3.01. The first-order valence-electron chi connectivity index (χ1n) is 11.4. The predicted octanol–water partition coefficient (Wildman–Crippen LogP) is 3.69. The minimum absolute atomic E-state index is 0. The number of hydrogen-bond donors (Lipinski definition) is 1. The number of carbonyl (C=O) groups is 1. The largest absolute Gasteiger partial charge is 0.496 e. The first kappa shape index (κ1) is 25.2. The summed E-state index contributed by atoms with van der Waals surface area (Å²) in [5.74, 6) is 3.22. The Balaban J connectivity index is 0.00000306. The van der Waals surface area contributed by atoms with Crippen LogP contribution in [-0.2, 0) is 24.1 Å². The van der Waals surface area contributed by atoms with Gasteiger partial charge in [-0.05, 0) is 72.2 Å². The van der Waals surface area contributed by atoms with E-state index in [0.29, 0.717) is 18.9 Å². The van der Waals surface area contributed by atoms with Crippen molar-refractivity contribution >= 4 is 18.3 Å². The summed E-state index contributed by atoms with van der Waals surface area (Å²) in [7, 11) is 5.04. The number of benzene rings is 2. The standard InChI is InChI=1S/C26H34N2O4.ClH/c1-17-11-22-20(15-23(17)30-2)12-21(22)16-27-8-5-26(29)28-9-6-18-13-24(31-3)25(32-4)14-19(18)7-10-28;/h11,13-15,21,27H,5-10,12,16H2,1-4H3;1H. The van der Waals surface area contributed by atoms with E-state index in [-0.39, 0.29) is 18.3 Å². The smallest absolute Gasteiger partial charge is 0.223 e. The normalized spacial score (nSPS) is 16.5. The third-order valence-corrected chi connectivity index (χ3v) is 6.83. The number of fused-ring (bicyclic) bond motifs is 2. The maximum Gasteiger partial charge on any atom is 0.223 e. The lowest BCUT2D eigenvalue weighted by Crippen LogP contribution is -2.36. The average molecular weight is 475 g/mol. The monoisotopic (exact) mass is 474 g/mol. The fraction of sp³-hybridized carbons (Fsp3) is 0.500. The molecule has 1 heterocycles. The molecule has 0 saturated carbocycles. The van der Waals surface area contributed by atoms with Crippen molar-refractivity contribution in [1.82, 2.24) is 10.2 Å². The summed E-state index contributed by atoms with van der Waals surface area (Å²) < 4.78 is 16.3. The van der Waals surface area contributed by atoms with Crippen molar-refractivity contribution in [2.45, 2.75) is 38.5 Å². The molecule has 4 rings (SSSR count). The van der Waals surface area contributed by atoms with Gasteiger partial charge in [0.25, 0.3) is 0 Å². The summed E-state index contributed by atoms with van der Waals surface area (Å²) in [6.07, 6.45) is 3.29. The molecule has 2 aliphatic rings. The van der Waals surface area contributed by atoms with Crippen molar-refractivity contribution in [3.05, 3.63) is 52.1 Å². The summed E-state index contributed by atoms with van der Waals surface area (Å²) in [5, 5.41) is 3.50. The second-order valence-electron chi connectivity index (χ2n) is 8.73. The van der Waals surface area contributed by atoms with E-state index in [1.807, 2.05) is 4.90 Å². The number of aryl methyl sites for hydroxylation is 1. The minimum atomic E-state index is 0. The van der Waals surface area contributed by atoms with Gasteiger partial charge in [-0.3, -0.25) is 4.79 Å². The summed E-state index contributed by atoms with van der Waals surface area (Å²) in [6, 6.07) is 8.51. The Labute approximate surface area is 203 Å². The zero-order valence-corrected chi connectivity index (χ0v) is 20.8. The Hall–Kier alpha value is -2.44. The molecule has 0 spiro atoms. The highest BCUT2D eigenvalue weighted by Gasteiger charge is 2.27. The molecule has 2 aromatic rings. The molecule has 7 heteroatoms. The molecule has 1 unspecified atom stereocenters. The molecule has 0 bridgehead atoms. The lowest BCUT2D eigenvalue weighted by atomic mass is 9.76. The van der Waals surface area contributed by atoms with E-state index in [9.17, 15) is 4.79 Å². The van der Waals surface area contributed by atoms with Crippen LogP contribution >= 0.6 is 12.4 Å². The number of hydrogen-bond acceptors (Lipinski definition) is 5. The molecule has 0 radical (unpaired) electrons. The molecule has 1 N–H and O–H groups in total. The first-order valence-corrected chi connectivity index (χ1v) is 11.4. The van der Waals surface area contributed by atoms with Crippen LogP contribution in [0.1, 0.15) is 40.2 Å². The molecule has 33 heavy (non-hydrogen) atoms. The summed E-state index contributed by atoms with van der Waals surface area (Å²) in [6.45, 7) is 5.21. The maximum absolute atomic E-state index is 12.8. The van der Waals surface area contributed by atoms with Gasteiger partial charge in [0.1, 0.15) is 5.75 Å². The number of ether oxygens (including phenoxy) is 3. The summed E-state index contributed by atoms with van der Waals surface area (Å²) in [5.41, 5.74) is 6.47. The zero-order chi connectivity index (χ0) is 22.7. The highest BCUT2D eigenvalue weighted by molar-refractivity contribution is 5.85. The molecule has 1 aliphatic carbocycles. The van der Waals surface area contributed by atoms with E-state index >= 15 is 0 Å². The third-order valence-electron chi connectivity index (χ3n) is 6.83. The van der Waals surface area contributed by atoms with Crippen LogP contribution in [0.4, 0.5) is 0 Å². The van der Waals surface area contributed by atoms with Crippen LogP contribution in [-0.4, -0.2) is 58.3 Å². The minimum Gasteiger partial charge on any atom is -0.496 e. The van der Waals surface area contributed by atoms with Gasteiger partial charge in [-0.2, -0.15) is 0 Å². The molecule has 180 valence electrons. The molecule has 2 aromatic carbocycles. The van der Waals surface area contributed by atoms with E-state index in [2.05, 4.69) is 36.5 Å². The molecule has 6 nitrogen and oxygen atoms in total. The summed E-state index contributed by atoms with van der Waals surface area (Å²) in [4.78, 5) is 14.8. The topological polar surface area (TPSA) is 60.0 Å². The number of halogens is 1. The lowest BCUT2D eigenvalue weighted by Gasteiger charge is -2.31. The van der Waals surface area contributed by atoms with Gasteiger partial charge in [-0.15, -0.1) is 12.4 Å². The molecular weight excluding hydrogens is 440 g/mol. The van der Waals surface area contributed by atoms with Crippen LogP contribution in [0.3, 0.4) is 0 Å². The van der Waals surface area contributed by atoms with E-state index in [1.54, 1.807) is 21.3 Å². The molecule has 1 atom stereocenters. The second kappa shape index (κ2) is 11.1. The van der Waals surface area contributed by atoms with Crippen molar-refractivity contribution in [3.63, 3.8) is 0 Å². The van der Waals surface area contributed by atoms with Gasteiger partial charge in [0, 0.05) is 38.5 Å². The van der Waals surface area contributed by atoms with Crippen LogP contribution in [0.25, 0.3) is 0 Å². The molecule has 0 aromatic heterocycles. The number of nitrogens with one attached hydrogen (secondary N) is 1. The van der Waals surface area contributed by atoms with E-state index in [0.717, 1.165) is 56.1 Å². The van der Waals surface area contributed by atoms with E-state index in [4.69, 9.17) is 14.2 Å². The Morgan fingerprint density at radius 3 is 2.09 bits per heavy atom. The molecule has 1 amide bonds. The summed E-state index contributed by atoms with van der Waals surface area (Å²) >= 11 is 0. The van der Waals surface area contributed by atoms with Crippen molar-refractivity contribution in [1.29, 1.82) is 0 Å². The quantitative estimate of drug-likeness (QED) is 0.591. The van der Waals surface area contributed by atoms with E-state index < -0.39 is 0 Å². The van der Waals surface area contributed by atoms with Gasteiger partial charge < -0.3 is 24.4 Å². The van der Waals surface area contributed by atoms with Crippen LogP contribution in [0, 0.1) is 6.92 Å². The van der Waals surface area contributed by atoms with Crippen LogP contribution in [0.5, 0.6) is 17.2 Å². The Kier molecular flexibility index (Phi) is 8.49. The van der Waals surface area contributed by atoms with Crippen LogP contribution in [0.2, 0.25) is 0 Å². The number of rotatable bonds is 8. The van der Waals surface area contributed by atoms with Crippen molar-refractivity contribution in [2.75, 3.05) is 47.5 Å². The van der Waals surface area contributed by atoms with Crippen molar-refractivity contribution in [3.8, 4) is 17.2 Å². The third kappa shape index (κ3) is 5.39. The fourth-order valence-corrected chi connectivity index (χ4v) is 4.89. The Morgan fingerprint density at radius 2 is 1.52 bits per heavy atom. The molecule has 0 saturated heterocycles. The predicted molar refractivity (Wildman–Crippen MR) is 132 cm³/mol. The number of methoxy groups -OCH3 is 3. The zero-order valence-electron chi connectivity index (χ0n) is 20.0. The fourth-order valence-electron chi connectivity index (χ4n) is 4.89. The van der Waals surface area contributed by atoms with Crippen LogP contribution < -0.4 is 19.5 Å². The Morgan fingerprint density at radius 1 is 0.939 bits per heavy atom. The first-order chi connectivity index (χ1) is 15.5. The second-order valence-corrected chi connectivity index (χ2v) is 8.73. The number of nitrogens with zero attached hydrogens (tertiary/aromatic N) is 1. The van der Waals surface area contributed by atoms with Gasteiger partial charge in [0.2, 0.25) is 5.91 Å². The number of carbonyl (C=O) groups excluding carboxylic acids is 1. The number of amides is 1. The van der Waals surface area contributed by atoms with Crippen molar-refractivity contribution < 1.29 is 19.0 Å². The highest BCUT2D eigenvalue weighted by Crippen LogP contribution is 2.38. The van der Waals surface area contributed by atoms with Gasteiger partial charge in [0.15, 0.2) is 11.5 Å². The highest BCUT2D eigenvalue weighted by atomic mass is 35.5. The van der Waals surface area contributed by atoms with Crippen LogP contribution in [0.15, 0.2) is 24.3 Å². The SMILES string of the molecule is COc1cc2c(cc1C)C(CNCCC(=O)N1CCc3cc(OC)c(OC)cc3CC1)C2.Cl. The molecular formula is C26H35ClN2O4. The molecule has 0 fully saturated rings. The maximum atomic E-state index is 12.8. The lowest BCUT2D eigenvalue weighted by molar-refractivity contribution is -0.131. The van der Waals surface area contributed by atoms with Gasteiger partial charge >= 0.3 is 0 Å². The van der Waals surface area contributed by atoms with Crippen molar-refractivity contribution in [2.24, 2.45) is 0 Å². The van der Waals surface area contributed by atoms with Gasteiger partial charge in [-0.25, -0.2) is 0 Å². The van der Waals surface area contributed by atoms with Gasteiger partial charge in [0.05, 0.1) is 21.3 Å².